The van der Waals surface area contributed by atoms with Gasteiger partial charge >= 0.3 is 0 Å². The molecule has 234 valence electrons. The maximum Gasteiger partial charge on any atom is 0.0788 e. The molecule has 0 fully saturated rings. The number of benzene rings is 2. The van der Waals surface area contributed by atoms with Crippen LogP contribution in [0.25, 0.3) is 0 Å². The zero-order chi connectivity index (χ0) is 30.6. The van der Waals surface area contributed by atoms with Gasteiger partial charge < -0.3 is 14.8 Å². The van der Waals surface area contributed by atoms with Crippen LogP contribution in [0.3, 0.4) is 0 Å². The Balaban J connectivity index is 0.000000410. The third-order valence-electron chi connectivity index (χ3n) is 9.04. The average molecular weight is 568 g/mol. The van der Waals surface area contributed by atoms with E-state index in [9.17, 15) is 5.21 Å². The summed E-state index contributed by atoms with van der Waals surface area (Å²) in [5.41, 5.74) is 3.60. The highest BCUT2D eigenvalue weighted by Crippen LogP contribution is 2.40. The standard InChI is InChI=1S/C19H33NO.C19H33N/c1-5-7-14-19(15-8-6-2,16-17-20(3,4)21)18-12-10-9-11-13-18;1-5-7-14-19(15-8-6-2,16-17-20(3)4)18-12-10-9-11-13-18/h9-13H,5-8,14-17H2,1-4H3;9-13H,5-8,14-17H2,1-4H3/p+1. The molecule has 2 aromatic rings. The Morgan fingerprint density at radius 2 is 0.902 bits per heavy atom. The predicted octanol–water partition coefficient (Wildman–Crippen LogP) is 9.11. The smallest absolute Gasteiger partial charge is 0.0788 e. The van der Waals surface area contributed by atoms with Crippen molar-refractivity contribution in [3.05, 3.63) is 77.0 Å². The van der Waals surface area contributed by atoms with Crippen molar-refractivity contribution in [2.75, 3.05) is 41.3 Å². The summed E-state index contributed by atoms with van der Waals surface area (Å²) >= 11 is 0. The lowest BCUT2D eigenvalue weighted by molar-refractivity contribution is -0.859. The summed E-state index contributed by atoms with van der Waals surface area (Å²) in [5.74, 6) is 0. The Morgan fingerprint density at radius 3 is 1.20 bits per heavy atom. The molecule has 0 aliphatic carbocycles. The SMILES string of the molecule is CCCCC(CCCC)(CC[N+](C)(C)[O-])c1ccccc1.CCCCC(CCCC)(CC[NH+](C)C)c1ccccc1. The van der Waals surface area contributed by atoms with Gasteiger partial charge in [-0.3, -0.25) is 0 Å². The lowest BCUT2D eigenvalue weighted by atomic mass is 9.70. The summed E-state index contributed by atoms with van der Waals surface area (Å²) in [6, 6.07) is 22.2. The maximum atomic E-state index is 12.1. The van der Waals surface area contributed by atoms with Gasteiger partial charge in [-0.2, -0.15) is 0 Å². The fourth-order valence-electron chi connectivity index (χ4n) is 6.23. The molecule has 2 aromatic carbocycles. The molecule has 0 spiro atoms. The van der Waals surface area contributed by atoms with Crippen LogP contribution in [0.5, 0.6) is 0 Å². The Bertz CT molecular complexity index is 856. The Morgan fingerprint density at radius 1 is 0.561 bits per heavy atom. The van der Waals surface area contributed by atoms with E-state index in [-0.39, 0.29) is 10.1 Å². The number of nitrogens with one attached hydrogen (secondary N) is 1. The molecule has 0 saturated heterocycles. The van der Waals surface area contributed by atoms with Crippen molar-refractivity contribution in [2.24, 2.45) is 0 Å². The van der Waals surface area contributed by atoms with Crippen molar-refractivity contribution >= 4 is 0 Å². The lowest BCUT2D eigenvalue weighted by Crippen LogP contribution is -3.05. The van der Waals surface area contributed by atoms with Crippen LogP contribution in [0, 0.1) is 5.21 Å². The van der Waals surface area contributed by atoms with Gasteiger partial charge in [0.1, 0.15) is 0 Å². The van der Waals surface area contributed by atoms with E-state index in [1.165, 1.54) is 95.6 Å². The summed E-state index contributed by atoms with van der Waals surface area (Å²) in [5, 5.41) is 12.1. The fourth-order valence-corrected chi connectivity index (χ4v) is 6.23. The van der Waals surface area contributed by atoms with Crippen molar-refractivity contribution in [1.82, 2.24) is 0 Å². The second kappa shape index (κ2) is 20.3. The molecule has 1 N–H and O–H groups in total. The maximum absolute atomic E-state index is 12.1. The van der Waals surface area contributed by atoms with Crippen LogP contribution in [0.15, 0.2) is 60.7 Å². The topological polar surface area (TPSA) is 27.5 Å². The van der Waals surface area contributed by atoms with Crippen molar-refractivity contribution in [3.63, 3.8) is 0 Å². The first kappa shape index (κ1) is 37.3. The number of hydroxylamine groups is 3. The van der Waals surface area contributed by atoms with Gasteiger partial charge in [0.2, 0.25) is 0 Å². The molecule has 0 heterocycles. The molecule has 0 atom stereocenters. The van der Waals surface area contributed by atoms with E-state index >= 15 is 0 Å². The molecule has 0 aliphatic heterocycles. The van der Waals surface area contributed by atoms with Gasteiger partial charge in [0, 0.05) is 23.7 Å². The summed E-state index contributed by atoms with van der Waals surface area (Å²) in [4.78, 5) is 1.57. The molecule has 0 unspecified atom stereocenters. The second-order valence-corrected chi connectivity index (χ2v) is 13.5. The normalized spacial score (nSPS) is 12.3. The predicted molar refractivity (Wildman–Crippen MR) is 182 cm³/mol. The van der Waals surface area contributed by atoms with Crippen LogP contribution in [-0.4, -0.2) is 45.9 Å². The van der Waals surface area contributed by atoms with Crippen LogP contribution < -0.4 is 4.90 Å². The van der Waals surface area contributed by atoms with E-state index in [0.29, 0.717) is 12.0 Å². The van der Waals surface area contributed by atoms with Crippen LogP contribution in [-0.2, 0) is 10.8 Å². The van der Waals surface area contributed by atoms with Gasteiger partial charge in [-0.05, 0) is 36.8 Å². The quantitative estimate of drug-likeness (QED) is 0.125. The first-order chi connectivity index (χ1) is 19.6. The van der Waals surface area contributed by atoms with E-state index in [1.54, 1.807) is 24.6 Å². The van der Waals surface area contributed by atoms with Crippen LogP contribution >= 0.6 is 0 Å². The molecule has 0 saturated carbocycles. The van der Waals surface area contributed by atoms with Crippen molar-refractivity contribution < 1.29 is 9.55 Å². The third-order valence-corrected chi connectivity index (χ3v) is 9.04. The number of nitrogens with zero attached hydrogens (tertiary/aromatic N) is 1. The van der Waals surface area contributed by atoms with Crippen LogP contribution in [0.1, 0.15) is 129 Å². The number of unbranched alkanes of at least 4 members (excludes halogenated alkanes) is 4. The van der Waals surface area contributed by atoms with E-state index in [2.05, 4.69) is 102 Å². The van der Waals surface area contributed by atoms with Crippen molar-refractivity contribution in [1.29, 1.82) is 0 Å². The highest BCUT2D eigenvalue weighted by molar-refractivity contribution is 5.26. The molecule has 0 bridgehead atoms. The summed E-state index contributed by atoms with van der Waals surface area (Å²) in [6.45, 7) is 11.1. The first-order valence-corrected chi connectivity index (χ1v) is 17.0. The van der Waals surface area contributed by atoms with Crippen molar-refractivity contribution in [2.45, 2.75) is 128 Å². The average Bonchev–Trinajstić information content (AvgIpc) is 2.97. The summed E-state index contributed by atoms with van der Waals surface area (Å²) in [6.07, 6.45) is 17.6. The zero-order valence-electron chi connectivity index (χ0n) is 28.4. The van der Waals surface area contributed by atoms with Gasteiger partial charge in [0.25, 0.3) is 0 Å². The minimum absolute atomic E-state index is 0.188. The number of hydrogen-bond acceptors (Lipinski definition) is 1. The molecular weight excluding hydrogens is 500 g/mol. The molecule has 0 aromatic heterocycles. The highest BCUT2D eigenvalue weighted by atomic mass is 16.5. The van der Waals surface area contributed by atoms with Gasteiger partial charge in [-0.25, -0.2) is 0 Å². The second-order valence-electron chi connectivity index (χ2n) is 13.5. The molecule has 0 amide bonds. The van der Waals surface area contributed by atoms with Gasteiger partial charge in [-0.1, -0.05) is 140 Å². The van der Waals surface area contributed by atoms with Crippen molar-refractivity contribution in [3.8, 4) is 0 Å². The summed E-state index contributed by atoms with van der Waals surface area (Å²) in [7, 11) is 8.07. The minimum atomic E-state index is -0.188. The number of quaternary nitrogens is 2. The van der Waals surface area contributed by atoms with Crippen LogP contribution in [0.4, 0.5) is 0 Å². The summed E-state index contributed by atoms with van der Waals surface area (Å²) < 4.78 is -0.188. The number of rotatable bonds is 20. The van der Waals surface area contributed by atoms with E-state index < -0.39 is 0 Å². The Hall–Kier alpha value is -1.68. The first-order valence-electron chi connectivity index (χ1n) is 17.0. The molecule has 3 heteroatoms. The Kier molecular flexibility index (Phi) is 18.5. The number of hydrogen-bond donors (Lipinski definition) is 1. The Labute approximate surface area is 255 Å². The monoisotopic (exact) mass is 568 g/mol. The minimum Gasteiger partial charge on any atom is -0.633 e. The molecule has 0 radical (unpaired) electrons. The third kappa shape index (κ3) is 14.4. The largest absolute Gasteiger partial charge is 0.633 e. The fraction of sp³-hybridized carbons (Fsp3) is 0.684. The molecule has 3 nitrogen and oxygen atoms in total. The van der Waals surface area contributed by atoms with E-state index in [0.717, 1.165) is 6.42 Å². The molecule has 2 rings (SSSR count). The lowest BCUT2D eigenvalue weighted by Gasteiger charge is -2.41. The van der Waals surface area contributed by atoms with Gasteiger partial charge in [0.05, 0.1) is 41.3 Å². The van der Waals surface area contributed by atoms with E-state index in [4.69, 9.17) is 0 Å². The molecule has 0 aliphatic rings. The molecule has 41 heavy (non-hydrogen) atoms. The molecular formula is C38H67N2O+. The van der Waals surface area contributed by atoms with Crippen LogP contribution in [0.2, 0.25) is 0 Å². The van der Waals surface area contributed by atoms with E-state index in [1.807, 2.05) is 0 Å². The zero-order valence-corrected chi connectivity index (χ0v) is 28.4. The highest BCUT2D eigenvalue weighted by Gasteiger charge is 2.33. The van der Waals surface area contributed by atoms with Gasteiger partial charge in [-0.15, -0.1) is 0 Å². The van der Waals surface area contributed by atoms with Gasteiger partial charge in [0.15, 0.2) is 0 Å².